The van der Waals surface area contributed by atoms with E-state index in [-0.39, 0.29) is 17.2 Å². The number of nitrogens with zero attached hydrogens (tertiary/aromatic N) is 1. The Kier molecular flexibility index (Phi) is 5.16. The fraction of sp³-hybridized carbons (Fsp3) is 0.571. The molecule has 1 fully saturated rings. The number of hydrogen-bond acceptors (Lipinski definition) is 3. The van der Waals surface area contributed by atoms with E-state index in [2.05, 4.69) is 4.90 Å². The number of halogens is 2. The second-order valence-corrected chi connectivity index (χ2v) is 5.26. The third-order valence-electron chi connectivity index (χ3n) is 3.41. The number of ether oxygens (including phenoxy) is 1. The number of aliphatic hydroxyl groups is 1. The predicted octanol–water partition coefficient (Wildman–Crippen LogP) is 2.62. The Morgan fingerprint density at radius 3 is 3.05 bits per heavy atom. The lowest BCUT2D eigenvalue weighted by Crippen LogP contribution is -2.42. The summed E-state index contributed by atoms with van der Waals surface area (Å²) >= 11 is 5.79. The Balaban J connectivity index is 2.02. The van der Waals surface area contributed by atoms with Crippen molar-refractivity contribution >= 4 is 11.6 Å². The third-order valence-corrected chi connectivity index (χ3v) is 3.70. The van der Waals surface area contributed by atoms with Crippen LogP contribution in [0.2, 0.25) is 5.02 Å². The number of rotatable bonds is 4. The summed E-state index contributed by atoms with van der Waals surface area (Å²) in [6.07, 6.45) is 0.316. The highest BCUT2D eigenvalue weighted by Gasteiger charge is 2.23. The topological polar surface area (TPSA) is 32.7 Å². The second kappa shape index (κ2) is 6.66. The molecule has 0 aliphatic carbocycles. The van der Waals surface area contributed by atoms with Crippen molar-refractivity contribution in [1.29, 1.82) is 0 Å². The van der Waals surface area contributed by atoms with E-state index in [1.54, 1.807) is 12.1 Å². The zero-order valence-corrected chi connectivity index (χ0v) is 11.7. The van der Waals surface area contributed by atoms with E-state index >= 15 is 0 Å². The number of morpholine rings is 1. The van der Waals surface area contributed by atoms with Gasteiger partial charge in [-0.1, -0.05) is 24.6 Å². The van der Waals surface area contributed by atoms with Gasteiger partial charge in [-0.3, -0.25) is 4.90 Å². The molecule has 0 saturated carbocycles. The monoisotopic (exact) mass is 287 g/mol. The van der Waals surface area contributed by atoms with Crippen LogP contribution in [0.5, 0.6) is 0 Å². The summed E-state index contributed by atoms with van der Waals surface area (Å²) in [6.45, 7) is 4.71. The maximum Gasteiger partial charge on any atom is 0.141 e. The van der Waals surface area contributed by atoms with Crippen LogP contribution in [0.25, 0.3) is 0 Å². The Morgan fingerprint density at radius 1 is 1.58 bits per heavy atom. The van der Waals surface area contributed by atoms with Gasteiger partial charge in [-0.15, -0.1) is 0 Å². The van der Waals surface area contributed by atoms with Gasteiger partial charge < -0.3 is 9.84 Å². The molecule has 19 heavy (non-hydrogen) atoms. The van der Waals surface area contributed by atoms with Gasteiger partial charge in [-0.05, 0) is 24.1 Å². The summed E-state index contributed by atoms with van der Waals surface area (Å²) in [5, 5.41) is 9.81. The standard InChI is InChI=1S/C14H19ClFNO2/c1-2-11(18)8-17-5-6-19-14(9-17)10-3-4-13(16)12(15)7-10/h3-4,7,11,14,18H,2,5-6,8-9H2,1H3. The summed E-state index contributed by atoms with van der Waals surface area (Å²) < 4.78 is 18.8. The summed E-state index contributed by atoms with van der Waals surface area (Å²) in [6, 6.07) is 4.67. The SMILES string of the molecule is CCC(O)CN1CCOC(c2ccc(F)c(Cl)c2)C1. The molecule has 0 spiro atoms. The molecule has 1 saturated heterocycles. The molecule has 1 aromatic carbocycles. The highest BCUT2D eigenvalue weighted by molar-refractivity contribution is 6.30. The van der Waals surface area contributed by atoms with Gasteiger partial charge in [-0.2, -0.15) is 0 Å². The van der Waals surface area contributed by atoms with E-state index in [9.17, 15) is 9.50 Å². The molecular weight excluding hydrogens is 269 g/mol. The quantitative estimate of drug-likeness (QED) is 0.924. The smallest absolute Gasteiger partial charge is 0.141 e. The highest BCUT2D eigenvalue weighted by Crippen LogP contribution is 2.26. The van der Waals surface area contributed by atoms with Crippen molar-refractivity contribution in [3.8, 4) is 0 Å². The lowest BCUT2D eigenvalue weighted by atomic mass is 10.1. The van der Waals surface area contributed by atoms with Crippen molar-refractivity contribution in [2.75, 3.05) is 26.2 Å². The zero-order valence-electron chi connectivity index (χ0n) is 11.0. The lowest BCUT2D eigenvalue weighted by Gasteiger charge is -2.34. The Bertz CT molecular complexity index is 430. The molecule has 106 valence electrons. The van der Waals surface area contributed by atoms with Gasteiger partial charge >= 0.3 is 0 Å². The molecule has 0 bridgehead atoms. The molecule has 1 aliphatic heterocycles. The average molecular weight is 288 g/mol. The first kappa shape index (κ1) is 14.7. The molecule has 1 N–H and O–H groups in total. The fourth-order valence-electron chi connectivity index (χ4n) is 2.21. The zero-order chi connectivity index (χ0) is 13.8. The first-order valence-electron chi connectivity index (χ1n) is 6.57. The molecule has 5 heteroatoms. The predicted molar refractivity (Wildman–Crippen MR) is 72.8 cm³/mol. The van der Waals surface area contributed by atoms with Gasteiger partial charge in [0.1, 0.15) is 5.82 Å². The average Bonchev–Trinajstić information content (AvgIpc) is 2.42. The number of aliphatic hydroxyl groups excluding tert-OH is 1. The van der Waals surface area contributed by atoms with E-state index in [0.717, 1.165) is 18.5 Å². The molecule has 2 unspecified atom stereocenters. The maximum absolute atomic E-state index is 13.1. The van der Waals surface area contributed by atoms with Crippen LogP contribution in [-0.2, 0) is 4.74 Å². The van der Waals surface area contributed by atoms with Crippen molar-refractivity contribution in [2.45, 2.75) is 25.6 Å². The molecule has 0 aromatic heterocycles. The van der Waals surface area contributed by atoms with Crippen LogP contribution in [0.15, 0.2) is 18.2 Å². The molecular formula is C14H19ClFNO2. The maximum atomic E-state index is 13.1. The van der Waals surface area contributed by atoms with Crippen molar-refractivity contribution in [3.05, 3.63) is 34.6 Å². The van der Waals surface area contributed by atoms with Crippen LogP contribution in [0.3, 0.4) is 0 Å². The Morgan fingerprint density at radius 2 is 2.37 bits per heavy atom. The van der Waals surface area contributed by atoms with E-state index in [1.165, 1.54) is 6.07 Å². The Hall–Kier alpha value is -0.680. The first-order chi connectivity index (χ1) is 9.10. The van der Waals surface area contributed by atoms with Crippen molar-refractivity contribution in [3.63, 3.8) is 0 Å². The minimum atomic E-state index is -0.417. The van der Waals surface area contributed by atoms with E-state index < -0.39 is 5.82 Å². The lowest BCUT2D eigenvalue weighted by molar-refractivity contribution is -0.0423. The van der Waals surface area contributed by atoms with Crippen molar-refractivity contribution in [1.82, 2.24) is 4.90 Å². The van der Waals surface area contributed by atoms with Crippen LogP contribution >= 0.6 is 11.6 Å². The minimum absolute atomic E-state index is 0.115. The normalized spacial score (nSPS) is 22.4. The number of β-amino-alcohol motifs (C(OH)–C–C–N with tert-alkyl or cyclic N) is 1. The molecule has 3 nitrogen and oxygen atoms in total. The number of hydrogen-bond donors (Lipinski definition) is 1. The van der Waals surface area contributed by atoms with E-state index in [1.807, 2.05) is 6.92 Å². The minimum Gasteiger partial charge on any atom is -0.392 e. The molecule has 2 atom stereocenters. The molecule has 2 rings (SSSR count). The van der Waals surface area contributed by atoms with Gasteiger partial charge in [0.05, 0.1) is 23.8 Å². The molecule has 1 aromatic rings. The fourth-order valence-corrected chi connectivity index (χ4v) is 2.40. The largest absolute Gasteiger partial charge is 0.392 e. The molecule has 1 heterocycles. The van der Waals surface area contributed by atoms with Crippen molar-refractivity contribution in [2.24, 2.45) is 0 Å². The summed E-state index contributed by atoms with van der Waals surface area (Å²) in [4.78, 5) is 2.17. The summed E-state index contributed by atoms with van der Waals surface area (Å²) in [5.41, 5.74) is 0.877. The highest BCUT2D eigenvalue weighted by atomic mass is 35.5. The van der Waals surface area contributed by atoms with Crippen LogP contribution in [-0.4, -0.2) is 42.4 Å². The molecule has 1 aliphatic rings. The Labute approximate surface area is 117 Å². The van der Waals surface area contributed by atoms with Crippen LogP contribution < -0.4 is 0 Å². The van der Waals surface area contributed by atoms with E-state index in [0.29, 0.717) is 19.7 Å². The summed E-state index contributed by atoms with van der Waals surface area (Å²) in [5.74, 6) is -0.417. The second-order valence-electron chi connectivity index (χ2n) is 4.85. The first-order valence-corrected chi connectivity index (χ1v) is 6.95. The van der Waals surface area contributed by atoms with Crippen LogP contribution in [0.4, 0.5) is 4.39 Å². The van der Waals surface area contributed by atoms with Crippen LogP contribution in [0.1, 0.15) is 25.0 Å². The van der Waals surface area contributed by atoms with Crippen LogP contribution in [0, 0.1) is 5.82 Å². The number of benzene rings is 1. The summed E-state index contributed by atoms with van der Waals surface area (Å²) in [7, 11) is 0. The molecule has 0 amide bonds. The van der Waals surface area contributed by atoms with Gasteiger partial charge in [0.15, 0.2) is 0 Å². The van der Waals surface area contributed by atoms with E-state index in [4.69, 9.17) is 16.3 Å². The van der Waals surface area contributed by atoms with Crippen molar-refractivity contribution < 1.29 is 14.2 Å². The van der Waals surface area contributed by atoms with Gasteiger partial charge in [0.2, 0.25) is 0 Å². The molecule has 0 radical (unpaired) electrons. The van der Waals surface area contributed by atoms with Gasteiger partial charge in [0, 0.05) is 19.6 Å². The third kappa shape index (κ3) is 3.89. The van der Waals surface area contributed by atoms with Gasteiger partial charge in [-0.25, -0.2) is 4.39 Å². The van der Waals surface area contributed by atoms with Gasteiger partial charge in [0.25, 0.3) is 0 Å².